The molecule has 0 bridgehead atoms. The average molecular weight is 555 g/mol. The summed E-state index contributed by atoms with van der Waals surface area (Å²) in [5.41, 5.74) is 5.21. The zero-order valence-electron chi connectivity index (χ0n) is 22.8. The predicted octanol–water partition coefficient (Wildman–Crippen LogP) is 5.81. The maximum Gasteiger partial charge on any atom is 0.153 e. The first kappa shape index (κ1) is 25.4. The Labute approximate surface area is 237 Å². The van der Waals surface area contributed by atoms with Gasteiger partial charge in [-0.05, 0) is 90.7 Å². The second-order valence-electron chi connectivity index (χ2n) is 11.1. The second kappa shape index (κ2) is 9.54. The third-order valence-electron chi connectivity index (χ3n) is 8.85. The molecule has 1 aliphatic carbocycles. The van der Waals surface area contributed by atoms with Crippen molar-refractivity contribution in [2.75, 3.05) is 20.2 Å². The number of benzene rings is 3. The van der Waals surface area contributed by atoms with Crippen LogP contribution in [0.4, 0.5) is 4.39 Å². The van der Waals surface area contributed by atoms with Gasteiger partial charge in [0.25, 0.3) is 0 Å². The maximum atomic E-state index is 13.6. The Bertz CT molecular complexity index is 1690. The molecular weight excluding hydrogens is 523 g/mol. The summed E-state index contributed by atoms with van der Waals surface area (Å²) in [7, 11) is 3.71. The molecule has 0 radical (unpaired) electrons. The fraction of sp³-hybridized carbons (Fsp3) is 0.323. The molecule has 3 heterocycles. The molecule has 1 saturated heterocycles. The highest BCUT2D eigenvalue weighted by molar-refractivity contribution is 7.97. The number of rotatable bonds is 6. The fourth-order valence-electron chi connectivity index (χ4n) is 7.08. The van der Waals surface area contributed by atoms with Gasteiger partial charge in [0.05, 0.1) is 29.2 Å². The van der Waals surface area contributed by atoms with E-state index in [2.05, 4.69) is 63.9 Å². The van der Waals surface area contributed by atoms with E-state index >= 15 is 0 Å². The Morgan fingerprint density at radius 3 is 2.55 bits per heavy atom. The van der Waals surface area contributed by atoms with Crippen LogP contribution in [0.5, 0.6) is 0 Å². The van der Waals surface area contributed by atoms with E-state index in [9.17, 15) is 4.39 Å². The fourth-order valence-corrected chi connectivity index (χ4v) is 8.14. The third-order valence-corrected chi connectivity index (χ3v) is 9.77. The minimum absolute atomic E-state index is 0.114. The highest BCUT2D eigenvalue weighted by Gasteiger charge is 2.60. The number of hydrogen-bond acceptors (Lipinski definition) is 6. The molecule has 5 aromatic rings. The molecule has 1 aliphatic heterocycles. The van der Waals surface area contributed by atoms with Crippen molar-refractivity contribution in [3.63, 3.8) is 0 Å². The Morgan fingerprint density at radius 2 is 1.82 bits per heavy atom. The van der Waals surface area contributed by atoms with Crippen LogP contribution in [-0.4, -0.2) is 49.3 Å². The molecule has 204 valence electrons. The highest BCUT2D eigenvalue weighted by Crippen LogP contribution is 2.60. The first-order chi connectivity index (χ1) is 19.4. The molecule has 9 heteroatoms. The number of hydrogen-bond donors (Lipinski definition) is 0. The Hall–Kier alpha value is -3.53. The standard InChI is InChI=1S/C31H31FN6OS/c1-21-13-28-22(16-34-38(28)26-11-9-25(32)10-12-26)14-27(21)30-19-31(39-3,23-7-5-4-6-8-23)15-24(30)18-37(20-30)40-29-17-33-36(2)35-29/h4-14,16-17,24H,15,18-20H2,1-3H3/t24-,30-,31-/m0/s1. The van der Waals surface area contributed by atoms with E-state index in [0.717, 1.165) is 47.5 Å². The molecule has 1 saturated carbocycles. The molecule has 0 amide bonds. The topological polar surface area (TPSA) is 61.0 Å². The Balaban J connectivity index is 1.32. The zero-order valence-corrected chi connectivity index (χ0v) is 23.6. The van der Waals surface area contributed by atoms with E-state index < -0.39 is 0 Å². The number of aromatic nitrogens is 5. The van der Waals surface area contributed by atoms with Crippen molar-refractivity contribution in [3.8, 4) is 5.69 Å². The van der Waals surface area contributed by atoms with Gasteiger partial charge in [-0.2, -0.15) is 15.0 Å². The number of halogens is 1. The van der Waals surface area contributed by atoms with Crippen LogP contribution in [0.25, 0.3) is 16.6 Å². The number of fused-ring (bicyclic) bond motifs is 2. The minimum Gasteiger partial charge on any atom is -0.373 e. The van der Waals surface area contributed by atoms with E-state index in [1.54, 1.807) is 28.9 Å². The van der Waals surface area contributed by atoms with Crippen LogP contribution in [0.3, 0.4) is 0 Å². The summed E-state index contributed by atoms with van der Waals surface area (Å²) in [4.78, 5) is 1.61. The molecule has 0 spiro atoms. The number of aryl methyl sites for hydroxylation is 2. The van der Waals surface area contributed by atoms with Crippen LogP contribution < -0.4 is 0 Å². The van der Waals surface area contributed by atoms with Crippen LogP contribution in [0, 0.1) is 18.7 Å². The number of ether oxygens (including phenoxy) is 1. The van der Waals surface area contributed by atoms with E-state index in [4.69, 9.17) is 9.84 Å². The average Bonchev–Trinajstić information content (AvgIpc) is 3.71. The number of nitrogens with zero attached hydrogens (tertiary/aromatic N) is 6. The molecule has 2 fully saturated rings. The lowest BCUT2D eigenvalue weighted by Gasteiger charge is -2.35. The lowest BCUT2D eigenvalue weighted by atomic mass is 9.72. The van der Waals surface area contributed by atoms with Crippen molar-refractivity contribution in [1.82, 2.24) is 29.1 Å². The maximum absolute atomic E-state index is 13.6. The van der Waals surface area contributed by atoms with Gasteiger partial charge in [-0.1, -0.05) is 30.3 Å². The van der Waals surface area contributed by atoms with Crippen LogP contribution in [-0.2, 0) is 22.8 Å². The van der Waals surface area contributed by atoms with Crippen molar-refractivity contribution in [1.29, 1.82) is 0 Å². The van der Waals surface area contributed by atoms with Gasteiger partial charge in [0, 0.05) is 38.0 Å². The summed E-state index contributed by atoms with van der Waals surface area (Å²) in [5.74, 6) is 0.135. The SMILES string of the molecule is CO[C@@]1(c2ccccc2)C[C@H]2CN(Sc3cnn(C)n3)C[C@@]2(c2cc3cnn(-c4ccc(F)cc4)c3cc2C)C1. The summed E-state index contributed by atoms with van der Waals surface area (Å²) < 4.78 is 24.4. The van der Waals surface area contributed by atoms with Crippen LogP contribution in [0.15, 0.2) is 84.1 Å². The van der Waals surface area contributed by atoms with Crippen molar-refractivity contribution in [3.05, 3.63) is 102 Å². The van der Waals surface area contributed by atoms with Gasteiger partial charge in [-0.3, -0.25) is 0 Å². The monoisotopic (exact) mass is 554 g/mol. The molecule has 3 aromatic carbocycles. The first-order valence-corrected chi connectivity index (χ1v) is 14.3. The predicted molar refractivity (Wildman–Crippen MR) is 154 cm³/mol. The smallest absolute Gasteiger partial charge is 0.153 e. The molecule has 7 rings (SSSR count). The highest BCUT2D eigenvalue weighted by atomic mass is 32.2. The molecule has 3 atom stereocenters. The molecule has 2 aliphatic rings. The molecule has 7 nitrogen and oxygen atoms in total. The largest absolute Gasteiger partial charge is 0.373 e. The van der Waals surface area contributed by atoms with Gasteiger partial charge in [0.2, 0.25) is 0 Å². The van der Waals surface area contributed by atoms with Gasteiger partial charge in [-0.25, -0.2) is 13.4 Å². The lowest BCUT2D eigenvalue weighted by Crippen LogP contribution is -2.35. The summed E-state index contributed by atoms with van der Waals surface area (Å²) in [6.45, 7) is 4.02. The Morgan fingerprint density at radius 1 is 1.02 bits per heavy atom. The van der Waals surface area contributed by atoms with E-state index in [1.807, 2.05) is 31.2 Å². The molecule has 0 N–H and O–H groups in total. The summed E-state index contributed by atoms with van der Waals surface area (Å²) >= 11 is 1.69. The molecular formula is C31H31FN6OS. The van der Waals surface area contributed by atoms with Crippen LogP contribution >= 0.6 is 11.9 Å². The van der Waals surface area contributed by atoms with Crippen molar-refractivity contribution in [2.24, 2.45) is 13.0 Å². The molecule has 0 unspecified atom stereocenters. The van der Waals surface area contributed by atoms with Gasteiger partial charge < -0.3 is 4.74 Å². The van der Waals surface area contributed by atoms with Crippen LogP contribution in [0.2, 0.25) is 0 Å². The summed E-state index contributed by atoms with van der Waals surface area (Å²) in [6.07, 6.45) is 5.58. The zero-order chi connectivity index (χ0) is 27.5. The minimum atomic E-state index is -0.352. The number of methoxy groups -OCH3 is 1. The van der Waals surface area contributed by atoms with Crippen molar-refractivity contribution < 1.29 is 9.13 Å². The summed E-state index contributed by atoms with van der Waals surface area (Å²) in [6, 6.07) is 21.7. The van der Waals surface area contributed by atoms with E-state index in [-0.39, 0.29) is 16.8 Å². The summed E-state index contributed by atoms with van der Waals surface area (Å²) in [5, 5.41) is 15.5. The van der Waals surface area contributed by atoms with Gasteiger partial charge in [0.1, 0.15) is 5.82 Å². The normalized spacial score (nSPS) is 24.6. The van der Waals surface area contributed by atoms with Gasteiger partial charge in [-0.15, -0.1) is 5.10 Å². The quantitative estimate of drug-likeness (QED) is 0.247. The third kappa shape index (κ3) is 4.06. The lowest BCUT2D eigenvalue weighted by molar-refractivity contribution is -0.0181. The Kier molecular flexibility index (Phi) is 6.07. The van der Waals surface area contributed by atoms with Gasteiger partial charge >= 0.3 is 0 Å². The van der Waals surface area contributed by atoms with Crippen molar-refractivity contribution >= 4 is 22.9 Å². The van der Waals surface area contributed by atoms with E-state index in [1.165, 1.54) is 28.8 Å². The van der Waals surface area contributed by atoms with Crippen LogP contribution in [0.1, 0.15) is 29.5 Å². The van der Waals surface area contributed by atoms with Gasteiger partial charge in [0.15, 0.2) is 5.03 Å². The first-order valence-electron chi connectivity index (χ1n) is 13.5. The van der Waals surface area contributed by atoms with Crippen molar-refractivity contribution in [2.45, 2.75) is 35.8 Å². The van der Waals surface area contributed by atoms with E-state index in [0.29, 0.717) is 5.92 Å². The molecule has 40 heavy (non-hydrogen) atoms. The second-order valence-corrected chi connectivity index (χ2v) is 12.3. The molecule has 2 aromatic heterocycles.